The molecule has 0 aliphatic carbocycles. The Labute approximate surface area is 146 Å². The molecule has 3 aromatic rings. The van der Waals surface area contributed by atoms with Crippen LogP contribution in [0.15, 0.2) is 48.8 Å². The lowest BCUT2D eigenvalue weighted by Crippen LogP contribution is -2.20. The molecule has 0 bridgehead atoms. The van der Waals surface area contributed by atoms with Gasteiger partial charge in [-0.25, -0.2) is 9.50 Å². The number of nitrogens with zero attached hydrogens (tertiary/aromatic N) is 4. The van der Waals surface area contributed by atoms with Gasteiger partial charge in [-0.05, 0) is 24.6 Å². The van der Waals surface area contributed by atoms with E-state index >= 15 is 0 Å². The molecule has 0 saturated carbocycles. The highest BCUT2D eigenvalue weighted by Crippen LogP contribution is 2.28. The molecule has 6 heteroatoms. The molecule has 4 rings (SSSR count). The SMILES string of the molecule is CNC(=O)c1cnn2c(C3CCN(Cc4ccccc4)C3)ccnc12. The monoisotopic (exact) mass is 335 g/mol. The molecule has 1 saturated heterocycles. The summed E-state index contributed by atoms with van der Waals surface area (Å²) in [7, 11) is 1.62. The van der Waals surface area contributed by atoms with Gasteiger partial charge in [0.1, 0.15) is 5.56 Å². The number of amides is 1. The van der Waals surface area contributed by atoms with E-state index in [-0.39, 0.29) is 5.91 Å². The molecule has 25 heavy (non-hydrogen) atoms. The number of carbonyl (C=O) groups is 1. The van der Waals surface area contributed by atoms with Crippen LogP contribution < -0.4 is 5.32 Å². The number of likely N-dealkylation sites (tertiary alicyclic amines) is 1. The fourth-order valence-corrected chi connectivity index (χ4v) is 3.57. The summed E-state index contributed by atoms with van der Waals surface area (Å²) in [4.78, 5) is 18.8. The minimum Gasteiger partial charge on any atom is -0.355 e. The Morgan fingerprint density at radius 1 is 1.28 bits per heavy atom. The van der Waals surface area contributed by atoms with E-state index in [9.17, 15) is 4.79 Å². The summed E-state index contributed by atoms with van der Waals surface area (Å²) >= 11 is 0. The van der Waals surface area contributed by atoms with Gasteiger partial charge in [0.2, 0.25) is 0 Å². The van der Waals surface area contributed by atoms with Crippen LogP contribution in [0.4, 0.5) is 0 Å². The van der Waals surface area contributed by atoms with Crippen LogP contribution >= 0.6 is 0 Å². The van der Waals surface area contributed by atoms with Crippen molar-refractivity contribution in [3.63, 3.8) is 0 Å². The highest BCUT2D eigenvalue weighted by atomic mass is 16.1. The number of carbonyl (C=O) groups excluding carboxylic acids is 1. The van der Waals surface area contributed by atoms with Crippen LogP contribution in [0.2, 0.25) is 0 Å². The van der Waals surface area contributed by atoms with E-state index in [1.165, 1.54) is 5.56 Å². The third kappa shape index (κ3) is 3.00. The number of aromatic nitrogens is 3. The Hall–Kier alpha value is -2.73. The van der Waals surface area contributed by atoms with Crippen molar-refractivity contribution in [2.45, 2.75) is 18.9 Å². The fraction of sp³-hybridized carbons (Fsp3) is 0.316. The van der Waals surface area contributed by atoms with Gasteiger partial charge in [0, 0.05) is 32.3 Å². The molecule has 1 aliphatic heterocycles. The molecule has 3 heterocycles. The van der Waals surface area contributed by atoms with E-state index in [0.717, 1.165) is 31.7 Å². The van der Waals surface area contributed by atoms with Crippen molar-refractivity contribution in [3.8, 4) is 0 Å². The Kier molecular flexibility index (Phi) is 4.19. The van der Waals surface area contributed by atoms with Gasteiger partial charge in [-0.1, -0.05) is 30.3 Å². The third-order valence-corrected chi connectivity index (χ3v) is 4.84. The largest absolute Gasteiger partial charge is 0.355 e. The predicted octanol–water partition coefficient (Wildman–Crippen LogP) is 2.08. The quantitative estimate of drug-likeness (QED) is 0.793. The van der Waals surface area contributed by atoms with Crippen LogP contribution in [-0.4, -0.2) is 45.5 Å². The van der Waals surface area contributed by atoms with Gasteiger partial charge in [0.05, 0.1) is 11.9 Å². The van der Waals surface area contributed by atoms with E-state index in [0.29, 0.717) is 17.1 Å². The fourth-order valence-electron chi connectivity index (χ4n) is 3.57. The van der Waals surface area contributed by atoms with E-state index in [2.05, 4.69) is 44.6 Å². The van der Waals surface area contributed by atoms with Gasteiger partial charge >= 0.3 is 0 Å². The first-order chi connectivity index (χ1) is 12.3. The second-order valence-corrected chi connectivity index (χ2v) is 6.45. The highest BCUT2D eigenvalue weighted by Gasteiger charge is 2.27. The minimum absolute atomic E-state index is 0.156. The van der Waals surface area contributed by atoms with Gasteiger partial charge < -0.3 is 5.32 Å². The Morgan fingerprint density at radius 2 is 2.12 bits per heavy atom. The number of rotatable bonds is 4. The second-order valence-electron chi connectivity index (χ2n) is 6.45. The van der Waals surface area contributed by atoms with Crippen LogP contribution in [0.1, 0.15) is 34.0 Å². The maximum atomic E-state index is 12.0. The molecule has 1 atom stereocenters. The molecule has 2 aromatic heterocycles. The van der Waals surface area contributed by atoms with Crippen LogP contribution in [-0.2, 0) is 6.54 Å². The number of hydrogen-bond acceptors (Lipinski definition) is 4. The summed E-state index contributed by atoms with van der Waals surface area (Å²) in [5.74, 6) is 0.239. The number of fused-ring (bicyclic) bond motifs is 1. The van der Waals surface area contributed by atoms with Gasteiger partial charge in [-0.2, -0.15) is 5.10 Å². The molecule has 0 spiro atoms. The lowest BCUT2D eigenvalue weighted by molar-refractivity contribution is 0.0964. The molecule has 128 valence electrons. The van der Waals surface area contributed by atoms with Crippen LogP contribution in [0.5, 0.6) is 0 Å². The zero-order valence-corrected chi connectivity index (χ0v) is 14.2. The first-order valence-corrected chi connectivity index (χ1v) is 8.57. The zero-order valence-electron chi connectivity index (χ0n) is 14.2. The molecule has 0 radical (unpaired) electrons. The highest BCUT2D eigenvalue weighted by molar-refractivity contribution is 5.99. The molecule has 6 nitrogen and oxygen atoms in total. The summed E-state index contributed by atoms with van der Waals surface area (Å²) in [5, 5.41) is 7.06. The zero-order chi connectivity index (χ0) is 17.2. The Bertz CT molecular complexity index is 889. The van der Waals surface area contributed by atoms with Gasteiger partial charge in [-0.15, -0.1) is 0 Å². The van der Waals surface area contributed by atoms with Gasteiger partial charge in [-0.3, -0.25) is 9.69 Å². The smallest absolute Gasteiger partial charge is 0.256 e. The first-order valence-electron chi connectivity index (χ1n) is 8.57. The second kappa shape index (κ2) is 6.64. The average molecular weight is 335 g/mol. The first kappa shape index (κ1) is 15.8. The summed E-state index contributed by atoms with van der Waals surface area (Å²) in [6.45, 7) is 3.02. The summed E-state index contributed by atoms with van der Waals surface area (Å²) in [6.07, 6.45) is 4.46. The summed E-state index contributed by atoms with van der Waals surface area (Å²) in [5.41, 5.74) is 3.60. The molecule has 1 aromatic carbocycles. The molecule has 1 N–H and O–H groups in total. The number of hydrogen-bond donors (Lipinski definition) is 1. The van der Waals surface area contributed by atoms with Crippen LogP contribution in [0, 0.1) is 0 Å². The predicted molar refractivity (Wildman–Crippen MR) is 95.5 cm³/mol. The molecular weight excluding hydrogens is 314 g/mol. The van der Waals surface area contributed by atoms with E-state index in [1.54, 1.807) is 19.4 Å². The van der Waals surface area contributed by atoms with E-state index in [1.807, 2.05) is 16.6 Å². The topological polar surface area (TPSA) is 62.5 Å². The minimum atomic E-state index is -0.156. The van der Waals surface area contributed by atoms with Crippen molar-refractivity contribution < 1.29 is 4.79 Å². The van der Waals surface area contributed by atoms with Crippen molar-refractivity contribution in [1.29, 1.82) is 0 Å². The third-order valence-electron chi connectivity index (χ3n) is 4.84. The lowest BCUT2D eigenvalue weighted by atomic mass is 10.0. The Balaban J connectivity index is 1.56. The van der Waals surface area contributed by atoms with Crippen LogP contribution in [0.25, 0.3) is 5.65 Å². The van der Waals surface area contributed by atoms with E-state index < -0.39 is 0 Å². The van der Waals surface area contributed by atoms with E-state index in [4.69, 9.17) is 0 Å². The Morgan fingerprint density at radius 3 is 2.92 bits per heavy atom. The van der Waals surface area contributed by atoms with Crippen molar-refractivity contribution in [3.05, 3.63) is 65.6 Å². The lowest BCUT2D eigenvalue weighted by Gasteiger charge is -2.16. The normalized spacial score (nSPS) is 17.9. The molecule has 1 amide bonds. The summed E-state index contributed by atoms with van der Waals surface area (Å²) in [6, 6.07) is 12.6. The number of benzene rings is 1. The molecule has 1 unspecified atom stereocenters. The standard InChI is InChI=1S/C19H21N5O/c1-20-19(25)16-11-22-24-17(7-9-21-18(16)24)15-8-10-23(13-15)12-14-5-3-2-4-6-14/h2-7,9,11,15H,8,10,12-13H2,1H3,(H,20,25). The van der Waals surface area contributed by atoms with Crippen molar-refractivity contribution in [1.82, 2.24) is 24.8 Å². The van der Waals surface area contributed by atoms with Crippen molar-refractivity contribution in [2.24, 2.45) is 0 Å². The van der Waals surface area contributed by atoms with Crippen molar-refractivity contribution in [2.75, 3.05) is 20.1 Å². The molecular formula is C19H21N5O. The maximum absolute atomic E-state index is 12.0. The van der Waals surface area contributed by atoms with Gasteiger partial charge in [0.15, 0.2) is 5.65 Å². The number of nitrogens with one attached hydrogen (secondary N) is 1. The molecule has 1 aliphatic rings. The van der Waals surface area contributed by atoms with Crippen LogP contribution in [0.3, 0.4) is 0 Å². The maximum Gasteiger partial charge on any atom is 0.256 e. The summed E-state index contributed by atoms with van der Waals surface area (Å²) < 4.78 is 1.82. The van der Waals surface area contributed by atoms with Crippen molar-refractivity contribution >= 4 is 11.6 Å². The average Bonchev–Trinajstić information content (AvgIpc) is 3.28. The van der Waals surface area contributed by atoms with Gasteiger partial charge in [0.25, 0.3) is 5.91 Å². The molecule has 1 fully saturated rings.